The molecule has 0 atom stereocenters. The van der Waals surface area contributed by atoms with Gasteiger partial charge < -0.3 is 15.4 Å². The van der Waals surface area contributed by atoms with Crippen molar-refractivity contribution >= 4 is 17.5 Å². The van der Waals surface area contributed by atoms with Gasteiger partial charge in [0.15, 0.2) is 0 Å². The Balaban J connectivity index is 2.00. The normalized spacial score (nSPS) is 17.2. The van der Waals surface area contributed by atoms with E-state index in [1.165, 1.54) is 5.56 Å². The van der Waals surface area contributed by atoms with Gasteiger partial charge in [0, 0.05) is 36.6 Å². The Morgan fingerprint density at radius 3 is 2.59 bits per heavy atom. The maximum atomic E-state index is 12.0. The lowest BCUT2D eigenvalue weighted by Gasteiger charge is -2.38. The second kappa shape index (κ2) is 8.51. The number of ether oxygens (including phenoxy) is 1. The lowest BCUT2D eigenvalue weighted by molar-refractivity contribution is -0.121. The Morgan fingerprint density at radius 1 is 1.27 bits per heavy atom. The molecule has 0 radical (unpaired) electrons. The number of halogens is 1. The van der Waals surface area contributed by atoms with Crippen LogP contribution >= 0.6 is 11.6 Å². The monoisotopic (exact) mass is 324 g/mol. The maximum Gasteiger partial charge on any atom is 0.220 e. The summed E-state index contributed by atoms with van der Waals surface area (Å²) in [6.07, 6.45) is 3.27. The molecule has 4 nitrogen and oxygen atoms in total. The van der Waals surface area contributed by atoms with Gasteiger partial charge in [-0.1, -0.05) is 23.7 Å². The van der Waals surface area contributed by atoms with Crippen molar-refractivity contribution in [2.75, 3.05) is 33.4 Å². The minimum atomic E-state index is -0.0402. The standard InChI is InChI=1S/C17H25ClN2O2/c1-19-10-2-3-16(21)20-13-17(8-11-22-12-9-17)14-4-6-15(18)7-5-14/h4-7,19H,2-3,8-13H2,1H3,(H,20,21). The highest BCUT2D eigenvalue weighted by molar-refractivity contribution is 6.30. The van der Waals surface area contributed by atoms with Gasteiger partial charge in [0.05, 0.1) is 0 Å². The number of rotatable bonds is 7. The molecule has 2 rings (SSSR count). The van der Waals surface area contributed by atoms with Gasteiger partial charge >= 0.3 is 0 Å². The summed E-state index contributed by atoms with van der Waals surface area (Å²) in [6.45, 7) is 3.00. The van der Waals surface area contributed by atoms with Crippen LogP contribution < -0.4 is 10.6 Å². The third-order valence-electron chi connectivity index (χ3n) is 4.36. The molecular formula is C17H25ClN2O2. The second-order valence-electron chi connectivity index (χ2n) is 5.88. The molecular weight excluding hydrogens is 300 g/mol. The average molecular weight is 325 g/mol. The van der Waals surface area contributed by atoms with Crippen LogP contribution in [0, 0.1) is 0 Å². The molecule has 22 heavy (non-hydrogen) atoms. The Morgan fingerprint density at radius 2 is 1.95 bits per heavy atom. The second-order valence-corrected chi connectivity index (χ2v) is 6.32. The van der Waals surface area contributed by atoms with Crippen LogP contribution in [0.1, 0.15) is 31.2 Å². The molecule has 122 valence electrons. The average Bonchev–Trinajstić information content (AvgIpc) is 2.55. The molecule has 1 saturated heterocycles. The van der Waals surface area contributed by atoms with Crippen LogP contribution in [0.25, 0.3) is 0 Å². The quantitative estimate of drug-likeness (QED) is 0.758. The van der Waals surface area contributed by atoms with Gasteiger partial charge in [-0.2, -0.15) is 0 Å². The molecule has 0 bridgehead atoms. The minimum absolute atomic E-state index is 0.0402. The SMILES string of the molecule is CNCCCC(=O)NCC1(c2ccc(Cl)cc2)CCOCC1. The summed E-state index contributed by atoms with van der Waals surface area (Å²) in [5, 5.41) is 6.91. The van der Waals surface area contributed by atoms with Gasteiger partial charge in [0.25, 0.3) is 0 Å². The lowest BCUT2D eigenvalue weighted by Crippen LogP contribution is -2.44. The van der Waals surface area contributed by atoms with Crippen LogP contribution in [0.3, 0.4) is 0 Å². The predicted molar refractivity (Wildman–Crippen MR) is 89.4 cm³/mol. The van der Waals surface area contributed by atoms with Crippen molar-refractivity contribution in [1.82, 2.24) is 10.6 Å². The van der Waals surface area contributed by atoms with Crippen LogP contribution in [0.2, 0.25) is 5.02 Å². The van der Waals surface area contributed by atoms with Crippen molar-refractivity contribution in [3.8, 4) is 0 Å². The number of hydrogen-bond donors (Lipinski definition) is 2. The van der Waals surface area contributed by atoms with E-state index in [1.807, 2.05) is 19.2 Å². The topological polar surface area (TPSA) is 50.4 Å². The molecule has 1 amide bonds. The fourth-order valence-corrected chi connectivity index (χ4v) is 3.04. The zero-order chi connectivity index (χ0) is 15.8. The van der Waals surface area contributed by atoms with E-state index in [-0.39, 0.29) is 11.3 Å². The summed E-state index contributed by atoms with van der Waals surface area (Å²) in [6, 6.07) is 7.98. The van der Waals surface area contributed by atoms with Crippen molar-refractivity contribution in [1.29, 1.82) is 0 Å². The summed E-state index contributed by atoms with van der Waals surface area (Å²) in [7, 11) is 1.90. The molecule has 0 spiro atoms. The molecule has 0 unspecified atom stereocenters. The molecule has 1 heterocycles. The fraction of sp³-hybridized carbons (Fsp3) is 0.588. The van der Waals surface area contributed by atoms with Crippen LogP contribution in [0.15, 0.2) is 24.3 Å². The molecule has 2 N–H and O–H groups in total. The zero-order valence-electron chi connectivity index (χ0n) is 13.2. The van der Waals surface area contributed by atoms with Crippen LogP contribution in [-0.4, -0.2) is 39.3 Å². The minimum Gasteiger partial charge on any atom is -0.381 e. The highest BCUT2D eigenvalue weighted by Crippen LogP contribution is 2.34. The van der Waals surface area contributed by atoms with Gasteiger partial charge in [-0.15, -0.1) is 0 Å². The Kier molecular flexibility index (Phi) is 6.68. The van der Waals surface area contributed by atoms with Gasteiger partial charge in [-0.25, -0.2) is 0 Å². The number of nitrogens with one attached hydrogen (secondary N) is 2. The van der Waals surface area contributed by atoms with Crippen LogP contribution in [0.4, 0.5) is 0 Å². The van der Waals surface area contributed by atoms with E-state index in [2.05, 4.69) is 22.8 Å². The smallest absolute Gasteiger partial charge is 0.220 e. The van der Waals surface area contributed by atoms with Crippen molar-refractivity contribution in [2.24, 2.45) is 0 Å². The summed E-state index contributed by atoms with van der Waals surface area (Å²) in [5.74, 6) is 0.120. The first-order valence-electron chi connectivity index (χ1n) is 7.91. The molecule has 1 aromatic rings. The third-order valence-corrected chi connectivity index (χ3v) is 4.61. The first-order chi connectivity index (χ1) is 10.7. The van der Waals surface area contributed by atoms with E-state index in [9.17, 15) is 4.79 Å². The van der Waals surface area contributed by atoms with E-state index < -0.39 is 0 Å². The molecule has 0 aliphatic carbocycles. The van der Waals surface area contributed by atoms with E-state index in [1.54, 1.807) is 0 Å². The van der Waals surface area contributed by atoms with Crippen molar-refractivity contribution in [2.45, 2.75) is 31.1 Å². The van der Waals surface area contributed by atoms with Crippen molar-refractivity contribution in [3.63, 3.8) is 0 Å². The van der Waals surface area contributed by atoms with Gasteiger partial charge in [0.1, 0.15) is 0 Å². The van der Waals surface area contributed by atoms with E-state index in [0.717, 1.165) is 44.0 Å². The summed E-state index contributed by atoms with van der Waals surface area (Å²) in [4.78, 5) is 12.0. The lowest BCUT2D eigenvalue weighted by atomic mass is 9.74. The summed E-state index contributed by atoms with van der Waals surface area (Å²) >= 11 is 5.99. The Bertz CT molecular complexity index is 470. The van der Waals surface area contributed by atoms with E-state index >= 15 is 0 Å². The maximum absolute atomic E-state index is 12.0. The number of hydrogen-bond acceptors (Lipinski definition) is 3. The summed E-state index contributed by atoms with van der Waals surface area (Å²) in [5.41, 5.74) is 1.19. The summed E-state index contributed by atoms with van der Waals surface area (Å²) < 4.78 is 5.51. The fourth-order valence-electron chi connectivity index (χ4n) is 2.91. The molecule has 1 aliphatic rings. The van der Waals surface area contributed by atoms with Gasteiger partial charge in [0.2, 0.25) is 5.91 Å². The third kappa shape index (κ3) is 4.70. The number of benzene rings is 1. The number of carbonyl (C=O) groups excluding carboxylic acids is 1. The first kappa shape index (κ1) is 17.3. The van der Waals surface area contributed by atoms with Crippen LogP contribution in [0.5, 0.6) is 0 Å². The van der Waals surface area contributed by atoms with E-state index in [4.69, 9.17) is 16.3 Å². The Hall–Kier alpha value is -1.10. The van der Waals surface area contributed by atoms with E-state index in [0.29, 0.717) is 13.0 Å². The molecule has 1 aliphatic heterocycles. The molecule has 5 heteroatoms. The molecule has 1 aromatic carbocycles. The highest BCUT2D eigenvalue weighted by Gasteiger charge is 2.34. The highest BCUT2D eigenvalue weighted by atomic mass is 35.5. The predicted octanol–water partition coefficient (Wildman–Crippen LogP) is 2.50. The first-order valence-corrected chi connectivity index (χ1v) is 8.29. The largest absolute Gasteiger partial charge is 0.381 e. The molecule has 0 saturated carbocycles. The Labute approximate surface area is 137 Å². The zero-order valence-corrected chi connectivity index (χ0v) is 13.9. The van der Waals surface area contributed by atoms with Crippen LogP contribution in [-0.2, 0) is 14.9 Å². The van der Waals surface area contributed by atoms with Gasteiger partial charge in [-0.3, -0.25) is 4.79 Å². The molecule has 0 aromatic heterocycles. The number of carbonyl (C=O) groups is 1. The van der Waals surface area contributed by atoms with Gasteiger partial charge in [-0.05, 0) is 50.6 Å². The van der Waals surface area contributed by atoms with Crippen molar-refractivity contribution in [3.05, 3.63) is 34.9 Å². The molecule has 1 fully saturated rings. The van der Waals surface area contributed by atoms with Crippen molar-refractivity contribution < 1.29 is 9.53 Å². The number of amides is 1.